The van der Waals surface area contributed by atoms with Crippen LogP contribution in [-0.4, -0.2) is 34.7 Å². The highest BCUT2D eigenvalue weighted by Gasteiger charge is 2.28. The molecular weight excluding hydrogens is 570 g/mol. The van der Waals surface area contributed by atoms with E-state index in [2.05, 4.69) is 50.2 Å². The summed E-state index contributed by atoms with van der Waals surface area (Å²) in [5.74, 6) is -1.23. The second-order valence-corrected chi connectivity index (χ2v) is 11.3. The maximum absolute atomic E-state index is 13.9. The number of nitrogens with zero attached hydrogens (tertiary/aromatic N) is 2. The van der Waals surface area contributed by atoms with Crippen LogP contribution in [0.1, 0.15) is 57.2 Å². The summed E-state index contributed by atoms with van der Waals surface area (Å²) in [5.41, 5.74) is 5.75. The molecule has 1 amide bonds. The van der Waals surface area contributed by atoms with E-state index < -0.39 is 5.92 Å². The predicted molar refractivity (Wildman–Crippen MR) is 182 cm³/mol. The van der Waals surface area contributed by atoms with Crippen LogP contribution < -0.4 is 16.0 Å². The van der Waals surface area contributed by atoms with E-state index in [9.17, 15) is 9.59 Å². The highest BCUT2D eigenvalue weighted by Crippen LogP contribution is 2.24. The van der Waals surface area contributed by atoms with Crippen molar-refractivity contribution in [3.63, 3.8) is 0 Å². The number of hydrogen-bond acceptors (Lipinski definition) is 6. The monoisotopic (exact) mass is 611 g/mol. The zero-order chi connectivity index (χ0) is 31.8. The number of Topliss-reactive ketones (excluding diaryl/α,β-unsaturated/α-hetero) is 1. The van der Waals surface area contributed by atoms with Crippen molar-refractivity contribution in [1.82, 2.24) is 25.9 Å². The van der Waals surface area contributed by atoms with Gasteiger partial charge in [-0.3, -0.25) is 19.6 Å². The van der Waals surface area contributed by atoms with Crippen molar-refractivity contribution in [2.45, 2.75) is 38.4 Å². The molecule has 0 spiro atoms. The van der Waals surface area contributed by atoms with Gasteiger partial charge >= 0.3 is 0 Å². The fourth-order valence-electron chi connectivity index (χ4n) is 5.48. The summed E-state index contributed by atoms with van der Waals surface area (Å²) in [5, 5.41) is 9.93. The molecule has 7 heteroatoms. The van der Waals surface area contributed by atoms with E-state index >= 15 is 0 Å². The number of carbonyl (C=O) groups is 2. The topological polar surface area (TPSA) is 96.0 Å². The lowest BCUT2D eigenvalue weighted by Crippen LogP contribution is -2.38. The zero-order valence-corrected chi connectivity index (χ0v) is 26.0. The van der Waals surface area contributed by atoms with Crippen LogP contribution in [-0.2, 0) is 24.4 Å². The quantitative estimate of drug-likeness (QED) is 0.0670. The lowest BCUT2D eigenvalue weighted by atomic mass is 9.89. The second kappa shape index (κ2) is 17.5. The average molecular weight is 612 g/mol. The summed E-state index contributed by atoms with van der Waals surface area (Å²) < 4.78 is 0. The number of amides is 1. The maximum atomic E-state index is 13.9. The van der Waals surface area contributed by atoms with Crippen molar-refractivity contribution < 1.29 is 9.59 Å². The molecule has 0 aliphatic rings. The molecule has 0 aliphatic heterocycles. The smallest absolute Gasteiger partial charge is 0.230 e. The van der Waals surface area contributed by atoms with Crippen molar-refractivity contribution in [1.29, 1.82) is 0 Å². The standard InChI is InChI=1S/C39H41N5O2/c45-38(33-21-19-30(20-22-33)26-41-28-35-17-8-10-25-43-35)36(18-11-23-40-27-34-16-7-9-24-42-34)39(46)44-29-37(31-12-3-1-4-13-31)32-14-5-2-6-15-32/h1-10,12-17,19-22,24-25,36-37,40-41H,11,18,23,26-29H2,(H,44,46)/t36-/m0/s1. The second-order valence-electron chi connectivity index (χ2n) is 11.3. The first-order chi connectivity index (χ1) is 22.7. The molecule has 3 aromatic carbocycles. The summed E-state index contributed by atoms with van der Waals surface area (Å²) in [4.78, 5) is 36.3. The van der Waals surface area contributed by atoms with Gasteiger partial charge in [0, 0.05) is 50.1 Å². The third-order valence-electron chi connectivity index (χ3n) is 8.00. The molecule has 46 heavy (non-hydrogen) atoms. The molecule has 7 nitrogen and oxygen atoms in total. The van der Waals surface area contributed by atoms with Gasteiger partial charge in [-0.1, -0.05) is 97.1 Å². The summed E-state index contributed by atoms with van der Waals surface area (Å²) in [6, 6.07) is 39.5. The highest BCUT2D eigenvalue weighted by atomic mass is 16.2. The molecule has 0 saturated carbocycles. The van der Waals surface area contributed by atoms with E-state index in [0.717, 1.165) is 28.1 Å². The molecule has 0 saturated heterocycles. The molecule has 0 aliphatic carbocycles. The number of carbonyl (C=O) groups excluding carboxylic acids is 2. The summed E-state index contributed by atoms with van der Waals surface area (Å²) >= 11 is 0. The number of nitrogens with one attached hydrogen (secondary N) is 3. The van der Waals surface area contributed by atoms with Gasteiger partial charge in [0.1, 0.15) is 5.92 Å². The normalized spacial score (nSPS) is 11.7. The number of pyridine rings is 2. The maximum Gasteiger partial charge on any atom is 0.230 e. The van der Waals surface area contributed by atoms with E-state index in [4.69, 9.17) is 0 Å². The minimum Gasteiger partial charge on any atom is -0.355 e. The zero-order valence-electron chi connectivity index (χ0n) is 26.0. The third-order valence-corrected chi connectivity index (χ3v) is 8.00. The van der Waals surface area contributed by atoms with Crippen molar-refractivity contribution >= 4 is 11.7 Å². The van der Waals surface area contributed by atoms with Crippen LogP contribution in [0.3, 0.4) is 0 Å². The number of ketones is 1. The van der Waals surface area contributed by atoms with Gasteiger partial charge in [-0.25, -0.2) is 0 Å². The van der Waals surface area contributed by atoms with Crippen molar-refractivity contribution in [3.05, 3.63) is 167 Å². The SMILES string of the molecule is O=C(NCC(c1ccccc1)c1ccccc1)[C@@H](CCCNCc1ccccn1)C(=O)c1ccc(CNCc2ccccn2)cc1. The number of benzene rings is 3. The van der Waals surface area contributed by atoms with Crippen LogP contribution in [0.25, 0.3) is 0 Å². The van der Waals surface area contributed by atoms with E-state index in [1.165, 1.54) is 0 Å². The van der Waals surface area contributed by atoms with Crippen LogP contribution in [0.5, 0.6) is 0 Å². The van der Waals surface area contributed by atoms with Gasteiger partial charge in [0.05, 0.1) is 11.4 Å². The van der Waals surface area contributed by atoms with Gasteiger partial charge in [0.15, 0.2) is 5.78 Å². The average Bonchev–Trinajstić information content (AvgIpc) is 3.12. The Labute approximate surface area is 271 Å². The Balaban J connectivity index is 1.23. The van der Waals surface area contributed by atoms with Crippen LogP contribution >= 0.6 is 0 Å². The first kappa shape index (κ1) is 32.4. The van der Waals surface area contributed by atoms with Crippen LogP contribution in [0.15, 0.2) is 134 Å². The molecule has 2 heterocycles. The fraction of sp³-hybridized carbons (Fsp3) is 0.231. The Morgan fingerprint density at radius 2 is 1.17 bits per heavy atom. The lowest BCUT2D eigenvalue weighted by Gasteiger charge is -2.21. The minimum atomic E-state index is -0.794. The molecule has 5 aromatic rings. The molecule has 0 fully saturated rings. The predicted octanol–water partition coefficient (Wildman–Crippen LogP) is 6.08. The Kier molecular flexibility index (Phi) is 12.3. The molecule has 234 valence electrons. The van der Waals surface area contributed by atoms with E-state index in [1.54, 1.807) is 12.4 Å². The van der Waals surface area contributed by atoms with Crippen molar-refractivity contribution in [3.8, 4) is 0 Å². The summed E-state index contributed by atoms with van der Waals surface area (Å²) in [6.45, 7) is 3.01. The van der Waals surface area contributed by atoms with E-state index in [1.807, 2.05) is 97.1 Å². The first-order valence-corrected chi connectivity index (χ1v) is 15.9. The molecule has 0 bridgehead atoms. The molecule has 0 radical (unpaired) electrons. The Morgan fingerprint density at radius 3 is 1.74 bits per heavy atom. The molecule has 0 unspecified atom stereocenters. The first-order valence-electron chi connectivity index (χ1n) is 15.9. The van der Waals surface area contributed by atoms with Crippen molar-refractivity contribution in [2.75, 3.05) is 13.1 Å². The molecule has 3 N–H and O–H groups in total. The van der Waals surface area contributed by atoms with Gasteiger partial charge in [-0.15, -0.1) is 0 Å². The van der Waals surface area contributed by atoms with Gasteiger partial charge in [-0.05, 0) is 60.3 Å². The molecule has 5 rings (SSSR count). The molecule has 1 atom stereocenters. The number of hydrogen-bond donors (Lipinski definition) is 3. The van der Waals surface area contributed by atoms with Gasteiger partial charge in [-0.2, -0.15) is 0 Å². The summed E-state index contributed by atoms with van der Waals surface area (Å²) in [7, 11) is 0. The lowest BCUT2D eigenvalue weighted by molar-refractivity contribution is -0.123. The van der Waals surface area contributed by atoms with Crippen LogP contribution in [0.4, 0.5) is 0 Å². The van der Waals surface area contributed by atoms with Crippen LogP contribution in [0, 0.1) is 5.92 Å². The largest absolute Gasteiger partial charge is 0.355 e. The van der Waals surface area contributed by atoms with Gasteiger partial charge in [0.2, 0.25) is 5.91 Å². The molecule has 2 aromatic heterocycles. The number of aromatic nitrogens is 2. The fourth-order valence-corrected chi connectivity index (χ4v) is 5.48. The Bertz CT molecular complexity index is 1580. The van der Waals surface area contributed by atoms with E-state index in [0.29, 0.717) is 51.1 Å². The Morgan fingerprint density at radius 1 is 0.609 bits per heavy atom. The highest BCUT2D eigenvalue weighted by molar-refractivity contribution is 6.10. The van der Waals surface area contributed by atoms with Crippen molar-refractivity contribution in [2.24, 2.45) is 5.92 Å². The van der Waals surface area contributed by atoms with E-state index in [-0.39, 0.29) is 17.6 Å². The minimum absolute atomic E-state index is 0.0278. The van der Waals surface area contributed by atoms with Gasteiger partial charge < -0.3 is 16.0 Å². The summed E-state index contributed by atoms with van der Waals surface area (Å²) in [6.07, 6.45) is 4.67. The van der Waals surface area contributed by atoms with Gasteiger partial charge in [0.25, 0.3) is 0 Å². The third kappa shape index (κ3) is 9.76. The number of rotatable bonds is 17. The molecular formula is C39H41N5O2. The van der Waals surface area contributed by atoms with Crippen LogP contribution in [0.2, 0.25) is 0 Å². The Hall–Kier alpha value is -4.98.